The molecule has 0 bridgehead atoms. The van der Waals surface area contributed by atoms with Gasteiger partial charge < -0.3 is 15.0 Å². The molecule has 1 saturated heterocycles. The number of halogens is 2. The minimum absolute atomic E-state index is 0.0467. The van der Waals surface area contributed by atoms with Crippen LogP contribution in [0.3, 0.4) is 0 Å². The Morgan fingerprint density at radius 1 is 1.20 bits per heavy atom. The third-order valence-corrected chi connectivity index (χ3v) is 7.30. The molecule has 1 unspecified atom stereocenters. The second kappa shape index (κ2) is 9.40. The number of sulfone groups is 1. The average molecular weight is 501 g/mol. The van der Waals surface area contributed by atoms with Crippen LogP contribution in [0.2, 0.25) is 0 Å². The second-order valence-corrected chi connectivity index (χ2v) is 10.7. The van der Waals surface area contributed by atoms with Crippen LogP contribution >= 0.6 is 0 Å². The van der Waals surface area contributed by atoms with Crippen LogP contribution in [0.15, 0.2) is 29.2 Å². The molecule has 0 spiro atoms. The number of hydrogen-bond acceptors (Lipinski definition) is 7. The van der Waals surface area contributed by atoms with Gasteiger partial charge in [-0.25, -0.2) is 22.2 Å². The van der Waals surface area contributed by atoms with E-state index >= 15 is 0 Å². The number of rotatable bonds is 5. The summed E-state index contributed by atoms with van der Waals surface area (Å²) in [6.45, 7) is 7.95. The van der Waals surface area contributed by atoms with Crippen molar-refractivity contribution in [3.63, 3.8) is 0 Å². The summed E-state index contributed by atoms with van der Waals surface area (Å²) in [7, 11) is -4.06. The zero-order chi connectivity index (χ0) is 25.5. The molecule has 35 heavy (non-hydrogen) atoms. The third-order valence-electron chi connectivity index (χ3n) is 6.16. The molecule has 0 aliphatic carbocycles. The number of aromatic nitrogens is 1. The predicted octanol–water partition coefficient (Wildman–Crippen LogP) is 4.41. The molecule has 0 radical (unpaired) electrons. The maximum absolute atomic E-state index is 14.5. The largest absolute Gasteiger partial charge is 0.378 e. The van der Waals surface area contributed by atoms with Crippen LogP contribution in [0.5, 0.6) is 0 Å². The SMILES string of the molecule is Cc1cc(C(C)Nc2ccc(F)c(F)c2S(C)(=O)=O)c2nc(N3CCOCC3)c(C)c(C#N)c2c1. The van der Waals surface area contributed by atoms with Crippen LogP contribution in [0.25, 0.3) is 10.9 Å². The van der Waals surface area contributed by atoms with E-state index in [1.807, 2.05) is 26.0 Å². The second-order valence-electron chi connectivity index (χ2n) is 8.77. The highest BCUT2D eigenvalue weighted by Crippen LogP contribution is 2.35. The molecular formula is C25H26F2N4O3S. The van der Waals surface area contributed by atoms with Gasteiger partial charge in [0.05, 0.1) is 36.0 Å². The summed E-state index contributed by atoms with van der Waals surface area (Å²) in [5.41, 5.74) is 3.41. The van der Waals surface area contributed by atoms with Crippen molar-refractivity contribution >= 4 is 32.2 Å². The van der Waals surface area contributed by atoms with Crippen LogP contribution in [0, 0.1) is 36.8 Å². The van der Waals surface area contributed by atoms with E-state index in [9.17, 15) is 22.5 Å². The molecule has 1 aliphatic heterocycles. The van der Waals surface area contributed by atoms with Crippen molar-refractivity contribution < 1.29 is 21.9 Å². The molecular weight excluding hydrogens is 474 g/mol. The predicted molar refractivity (Wildman–Crippen MR) is 130 cm³/mol. The van der Waals surface area contributed by atoms with Crippen LogP contribution < -0.4 is 10.2 Å². The van der Waals surface area contributed by atoms with Gasteiger partial charge in [-0.15, -0.1) is 0 Å². The van der Waals surface area contributed by atoms with Gasteiger partial charge >= 0.3 is 0 Å². The van der Waals surface area contributed by atoms with Crippen molar-refractivity contribution in [3.8, 4) is 6.07 Å². The standard InChI is InChI=1S/C25H26F2N4O3S/c1-14-11-17(16(3)29-21-6-5-20(26)22(27)24(21)35(4,32)33)23-18(12-14)19(13-28)15(2)25(30-23)31-7-9-34-10-8-31/h5-6,11-12,16,29H,7-10H2,1-4H3. The molecule has 1 aliphatic rings. The van der Waals surface area contributed by atoms with Gasteiger partial charge in [0.2, 0.25) is 0 Å². The number of nitrogens with zero attached hydrogens (tertiary/aromatic N) is 3. The molecule has 2 heterocycles. The summed E-state index contributed by atoms with van der Waals surface area (Å²) >= 11 is 0. The van der Waals surface area contributed by atoms with E-state index in [4.69, 9.17) is 9.72 Å². The highest BCUT2D eigenvalue weighted by atomic mass is 32.2. The number of nitriles is 1. The van der Waals surface area contributed by atoms with Crippen molar-refractivity contribution in [2.24, 2.45) is 0 Å². The molecule has 3 aromatic rings. The van der Waals surface area contributed by atoms with Gasteiger partial charge in [0.15, 0.2) is 21.5 Å². The van der Waals surface area contributed by atoms with E-state index in [0.29, 0.717) is 54.2 Å². The normalized spacial score (nSPS) is 15.2. The van der Waals surface area contributed by atoms with Crippen molar-refractivity contribution in [1.29, 1.82) is 5.26 Å². The summed E-state index contributed by atoms with van der Waals surface area (Å²) in [5, 5.41) is 13.7. The van der Waals surface area contributed by atoms with E-state index in [1.54, 1.807) is 6.92 Å². The Hall–Kier alpha value is -3.29. The number of pyridine rings is 1. The number of morpholine rings is 1. The Balaban J connectivity index is 1.89. The summed E-state index contributed by atoms with van der Waals surface area (Å²) in [6.07, 6.45) is 0.834. The number of fused-ring (bicyclic) bond motifs is 1. The molecule has 4 rings (SSSR count). The lowest BCUT2D eigenvalue weighted by atomic mass is 9.95. The maximum Gasteiger partial charge on any atom is 0.180 e. The minimum Gasteiger partial charge on any atom is -0.378 e. The molecule has 2 aromatic carbocycles. The molecule has 1 fully saturated rings. The molecule has 0 saturated carbocycles. The van der Waals surface area contributed by atoms with E-state index in [-0.39, 0.29) is 5.69 Å². The van der Waals surface area contributed by atoms with Crippen molar-refractivity contribution in [2.45, 2.75) is 31.7 Å². The Bertz CT molecular complexity index is 1460. The Kier molecular flexibility index (Phi) is 6.66. The summed E-state index contributed by atoms with van der Waals surface area (Å²) in [6, 6.07) is 7.66. The fourth-order valence-electron chi connectivity index (χ4n) is 4.50. The molecule has 7 nitrogen and oxygen atoms in total. The van der Waals surface area contributed by atoms with E-state index < -0.39 is 32.4 Å². The highest BCUT2D eigenvalue weighted by Gasteiger charge is 2.25. The Morgan fingerprint density at radius 3 is 2.51 bits per heavy atom. The summed E-state index contributed by atoms with van der Waals surface area (Å²) < 4.78 is 58.2. The van der Waals surface area contributed by atoms with Crippen molar-refractivity contribution in [2.75, 3.05) is 42.8 Å². The van der Waals surface area contributed by atoms with E-state index in [0.717, 1.165) is 23.4 Å². The van der Waals surface area contributed by atoms with Gasteiger partial charge in [-0.3, -0.25) is 0 Å². The quantitative estimate of drug-likeness (QED) is 0.554. The Labute approximate surface area is 203 Å². The van der Waals surface area contributed by atoms with Gasteiger partial charge in [-0.2, -0.15) is 5.26 Å². The van der Waals surface area contributed by atoms with Gasteiger partial charge in [-0.05, 0) is 44.5 Å². The first-order valence-corrected chi connectivity index (χ1v) is 13.0. The summed E-state index contributed by atoms with van der Waals surface area (Å²) in [5.74, 6) is -1.97. The lowest BCUT2D eigenvalue weighted by Crippen LogP contribution is -2.37. The number of aryl methyl sites for hydroxylation is 1. The smallest absolute Gasteiger partial charge is 0.180 e. The fraction of sp³-hybridized carbons (Fsp3) is 0.360. The topological polar surface area (TPSA) is 95.3 Å². The number of ether oxygens (including phenoxy) is 1. The monoisotopic (exact) mass is 500 g/mol. The Morgan fingerprint density at radius 2 is 1.89 bits per heavy atom. The van der Waals surface area contributed by atoms with Crippen molar-refractivity contribution in [1.82, 2.24) is 4.98 Å². The minimum atomic E-state index is -4.06. The summed E-state index contributed by atoms with van der Waals surface area (Å²) in [4.78, 5) is 6.30. The van der Waals surface area contributed by atoms with Gasteiger partial charge in [0.25, 0.3) is 0 Å². The highest BCUT2D eigenvalue weighted by molar-refractivity contribution is 7.90. The first-order chi connectivity index (χ1) is 16.5. The lowest BCUT2D eigenvalue weighted by molar-refractivity contribution is 0.122. The van der Waals surface area contributed by atoms with Gasteiger partial charge in [0, 0.05) is 35.9 Å². The van der Waals surface area contributed by atoms with Gasteiger partial charge in [0.1, 0.15) is 16.8 Å². The van der Waals surface area contributed by atoms with Crippen molar-refractivity contribution in [3.05, 3.63) is 58.2 Å². The molecule has 1 atom stereocenters. The maximum atomic E-state index is 14.5. The number of nitrogens with one attached hydrogen (secondary N) is 1. The van der Waals surface area contributed by atoms with Crippen LogP contribution in [0.1, 0.15) is 35.2 Å². The molecule has 1 N–H and O–H groups in total. The third kappa shape index (κ3) is 4.66. The van der Waals surface area contributed by atoms with Crippen LogP contribution in [-0.2, 0) is 14.6 Å². The number of anilines is 2. The molecule has 1 aromatic heterocycles. The zero-order valence-corrected chi connectivity index (χ0v) is 20.8. The van der Waals surface area contributed by atoms with Crippen LogP contribution in [-0.4, -0.2) is 46.0 Å². The first kappa shape index (κ1) is 24.8. The number of benzene rings is 2. The van der Waals surface area contributed by atoms with Crippen LogP contribution in [0.4, 0.5) is 20.3 Å². The molecule has 184 valence electrons. The van der Waals surface area contributed by atoms with E-state index in [1.165, 1.54) is 6.07 Å². The fourth-order valence-corrected chi connectivity index (χ4v) is 5.45. The zero-order valence-electron chi connectivity index (χ0n) is 19.9. The van der Waals surface area contributed by atoms with Gasteiger partial charge in [-0.1, -0.05) is 6.07 Å². The molecule has 10 heteroatoms. The average Bonchev–Trinajstić information content (AvgIpc) is 2.80. The number of hydrogen-bond donors (Lipinski definition) is 1. The lowest BCUT2D eigenvalue weighted by Gasteiger charge is -2.30. The molecule has 0 amide bonds. The van der Waals surface area contributed by atoms with E-state index in [2.05, 4.69) is 16.3 Å². The first-order valence-electron chi connectivity index (χ1n) is 11.1.